The van der Waals surface area contributed by atoms with Crippen LogP contribution in [0.15, 0.2) is 6.20 Å². The third kappa shape index (κ3) is 6.15. The van der Waals surface area contributed by atoms with E-state index < -0.39 is 0 Å². The van der Waals surface area contributed by atoms with Crippen molar-refractivity contribution in [1.29, 1.82) is 0 Å². The lowest BCUT2D eigenvalue weighted by atomic mass is 10.1. The zero-order valence-corrected chi connectivity index (χ0v) is 12.1. The minimum atomic E-state index is 0.322. The predicted octanol–water partition coefficient (Wildman–Crippen LogP) is 3.16. The van der Waals surface area contributed by atoms with Crippen molar-refractivity contribution in [2.75, 3.05) is 19.8 Å². The first-order chi connectivity index (χ1) is 8.09. The second-order valence-corrected chi connectivity index (χ2v) is 6.05. The molecule has 0 aliphatic heterocycles. The number of thiazole rings is 1. The molecule has 0 bridgehead atoms. The zero-order valence-electron chi connectivity index (χ0n) is 11.3. The minimum absolute atomic E-state index is 0.322. The number of rotatable bonds is 8. The van der Waals surface area contributed by atoms with E-state index in [9.17, 15) is 0 Å². The molecule has 0 amide bonds. The summed E-state index contributed by atoms with van der Waals surface area (Å²) in [4.78, 5) is 5.63. The van der Waals surface area contributed by atoms with Gasteiger partial charge in [-0.3, -0.25) is 0 Å². The lowest BCUT2D eigenvalue weighted by molar-refractivity contribution is 0.123. The van der Waals surface area contributed by atoms with Crippen LogP contribution in [0.1, 0.15) is 43.1 Å². The Balaban J connectivity index is 2.06. The summed E-state index contributed by atoms with van der Waals surface area (Å²) in [5, 5.41) is 4.58. The van der Waals surface area contributed by atoms with E-state index in [0.717, 1.165) is 37.1 Å². The molecule has 1 atom stereocenters. The fourth-order valence-electron chi connectivity index (χ4n) is 1.43. The van der Waals surface area contributed by atoms with E-state index in [0.29, 0.717) is 6.04 Å². The smallest absolute Gasteiger partial charge is 0.109 e. The van der Waals surface area contributed by atoms with E-state index in [1.807, 2.05) is 6.20 Å². The largest absolute Gasteiger partial charge is 0.380 e. The van der Waals surface area contributed by atoms with Crippen molar-refractivity contribution >= 4 is 11.3 Å². The lowest BCUT2D eigenvalue weighted by Gasteiger charge is -2.11. The van der Waals surface area contributed by atoms with Crippen molar-refractivity contribution in [1.82, 2.24) is 10.3 Å². The number of nitrogens with zero attached hydrogens (tertiary/aromatic N) is 1. The number of aromatic nitrogens is 1. The number of aryl methyl sites for hydroxylation is 1. The second-order valence-electron chi connectivity index (χ2n) is 4.78. The number of hydrogen-bond acceptors (Lipinski definition) is 4. The normalized spacial score (nSPS) is 13.2. The summed E-state index contributed by atoms with van der Waals surface area (Å²) in [6, 6.07) is 0.322. The molecule has 0 saturated heterocycles. The molecule has 0 radical (unpaired) electrons. The van der Waals surface area contributed by atoms with Gasteiger partial charge >= 0.3 is 0 Å². The standard InChI is InChI=1S/C13H24N2OS/c1-10(2)5-7-16-8-6-14-12(4)13-15-9-11(3)17-13/h9-10,12,14H,5-8H2,1-4H3. The maximum absolute atomic E-state index is 5.56. The molecule has 3 nitrogen and oxygen atoms in total. The van der Waals surface area contributed by atoms with E-state index in [1.54, 1.807) is 11.3 Å². The third-order valence-corrected chi connectivity index (χ3v) is 3.64. The maximum atomic E-state index is 5.56. The molecule has 1 unspecified atom stereocenters. The van der Waals surface area contributed by atoms with Crippen molar-refractivity contribution < 1.29 is 4.74 Å². The molecule has 1 aromatic heterocycles. The van der Waals surface area contributed by atoms with Gasteiger partial charge in [0, 0.05) is 24.2 Å². The van der Waals surface area contributed by atoms with E-state index >= 15 is 0 Å². The predicted molar refractivity (Wildman–Crippen MR) is 73.5 cm³/mol. The highest BCUT2D eigenvalue weighted by Gasteiger charge is 2.07. The fourth-order valence-corrected chi connectivity index (χ4v) is 2.23. The van der Waals surface area contributed by atoms with E-state index in [2.05, 4.69) is 38.0 Å². The highest BCUT2D eigenvalue weighted by Crippen LogP contribution is 2.18. The molecule has 17 heavy (non-hydrogen) atoms. The van der Waals surface area contributed by atoms with Crippen LogP contribution in [0.2, 0.25) is 0 Å². The maximum Gasteiger partial charge on any atom is 0.109 e. The lowest BCUT2D eigenvalue weighted by Crippen LogP contribution is -2.23. The van der Waals surface area contributed by atoms with Gasteiger partial charge in [-0.25, -0.2) is 4.98 Å². The summed E-state index contributed by atoms with van der Waals surface area (Å²) in [7, 11) is 0. The number of ether oxygens (including phenoxy) is 1. The molecular formula is C13H24N2OS. The van der Waals surface area contributed by atoms with Gasteiger partial charge in [0.05, 0.1) is 12.6 Å². The van der Waals surface area contributed by atoms with Crippen molar-refractivity contribution in [3.63, 3.8) is 0 Å². The van der Waals surface area contributed by atoms with Gasteiger partial charge in [-0.15, -0.1) is 11.3 Å². The summed E-state index contributed by atoms with van der Waals surface area (Å²) in [5.74, 6) is 0.722. The zero-order chi connectivity index (χ0) is 12.7. The van der Waals surface area contributed by atoms with Crippen LogP contribution in [0.5, 0.6) is 0 Å². The summed E-state index contributed by atoms with van der Waals surface area (Å²) in [6.07, 6.45) is 3.07. The molecule has 0 aliphatic carbocycles. The summed E-state index contributed by atoms with van der Waals surface area (Å²) in [6.45, 7) is 11.2. The van der Waals surface area contributed by atoms with Crippen LogP contribution in [0.3, 0.4) is 0 Å². The van der Waals surface area contributed by atoms with Gasteiger partial charge in [0.2, 0.25) is 0 Å². The van der Waals surface area contributed by atoms with Gasteiger partial charge in [0.1, 0.15) is 5.01 Å². The van der Waals surface area contributed by atoms with Crippen LogP contribution in [-0.2, 0) is 4.74 Å². The first kappa shape index (κ1) is 14.6. The third-order valence-electron chi connectivity index (χ3n) is 2.55. The van der Waals surface area contributed by atoms with Crippen molar-refractivity contribution in [3.05, 3.63) is 16.1 Å². The first-order valence-electron chi connectivity index (χ1n) is 6.33. The molecule has 0 aromatic carbocycles. The monoisotopic (exact) mass is 256 g/mol. The molecule has 0 saturated carbocycles. The van der Waals surface area contributed by atoms with Crippen LogP contribution in [0.25, 0.3) is 0 Å². The van der Waals surface area contributed by atoms with Crippen molar-refractivity contribution in [3.8, 4) is 0 Å². The van der Waals surface area contributed by atoms with Crippen LogP contribution in [0, 0.1) is 12.8 Å². The van der Waals surface area contributed by atoms with Crippen molar-refractivity contribution in [2.24, 2.45) is 5.92 Å². The summed E-state index contributed by atoms with van der Waals surface area (Å²) in [5.41, 5.74) is 0. The Kier molecular flexibility index (Phi) is 6.70. The highest BCUT2D eigenvalue weighted by atomic mass is 32.1. The molecule has 1 aromatic rings. The van der Waals surface area contributed by atoms with E-state index in [4.69, 9.17) is 4.74 Å². The average molecular weight is 256 g/mol. The minimum Gasteiger partial charge on any atom is -0.380 e. The van der Waals surface area contributed by atoms with Crippen LogP contribution < -0.4 is 5.32 Å². The Labute approximate surface area is 109 Å². The Morgan fingerprint density at radius 3 is 2.71 bits per heavy atom. The highest BCUT2D eigenvalue weighted by molar-refractivity contribution is 7.11. The Morgan fingerprint density at radius 2 is 2.12 bits per heavy atom. The Bertz CT molecular complexity index is 312. The van der Waals surface area contributed by atoms with Gasteiger partial charge in [-0.05, 0) is 26.2 Å². The van der Waals surface area contributed by atoms with Gasteiger partial charge in [-0.1, -0.05) is 13.8 Å². The first-order valence-corrected chi connectivity index (χ1v) is 7.14. The molecule has 0 aliphatic rings. The molecule has 98 valence electrons. The quantitative estimate of drug-likeness (QED) is 0.725. The molecule has 0 fully saturated rings. The molecule has 0 spiro atoms. The van der Waals surface area contributed by atoms with Crippen LogP contribution >= 0.6 is 11.3 Å². The van der Waals surface area contributed by atoms with Crippen molar-refractivity contribution in [2.45, 2.75) is 40.2 Å². The molecule has 1 rings (SSSR count). The van der Waals surface area contributed by atoms with Gasteiger partial charge in [0.15, 0.2) is 0 Å². The molecule has 1 N–H and O–H groups in total. The van der Waals surface area contributed by atoms with Crippen LogP contribution in [0.4, 0.5) is 0 Å². The van der Waals surface area contributed by atoms with Gasteiger partial charge in [-0.2, -0.15) is 0 Å². The summed E-state index contributed by atoms with van der Waals surface area (Å²) < 4.78 is 5.56. The average Bonchev–Trinajstić information content (AvgIpc) is 2.69. The van der Waals surface area contributed by atoms with E-state index in [-0.39, 0.29) is 0 Å². The number of hydrogen-bond donors (Lipinski definition) is 1. The van der Waals surface area contributed by atoms with E-state index in [1.165, 1.54) is 4.88 Å². The fraction of sp³-hybridized carbons (Fsp3) is 0.769. The molecule has 1 heterocycles. The molecule has 4 heteroatoms. The number of nitrogens with one attached hydrogen (secondary N) is 1. The van der Waals surface area contributed by atoms with Gasteiger partial charge < -0.3 is 10.1 Å². The second kappa shape index (κ2) is 7.80. The summed E-state index contributed by atoms with van der Waals surface area (Å²) >= 11 is 1.75. The van der Waals surface area contributed by atoms with Gasteiger partial charge in [0.25, 0.3) is 0 Å². The molecular weight excluding hydrogens is 232 g/mol. The van der Waals surface area contributed by atoms with Crippen LogP contribution in [-0.4, -0.2) is 24.7 Å². The Morgan fingerprint density at radius 1 is 1.35 bits per heavy atom. The SMILES string of the molecule is Cc1cnc(C(C)NCCOCCC(C)C)s1. The Hall–Kier alpha value is -0.450. The topological polar surface area (TPSA) is 34.2 Å².